The van der Waals surface area contributed by atoms with Crippen LogP contribution in [0.3, 0.4) is 0 Å². The molecule has 148 valence electrons. The third kappa shape index (κ3) is 7.70. The summed E-state index contributed by atoms with van der Waals surface area (Å²) >= 11 is 6.23. The molecular formula is C19H24ClNO6. The van der Waals surface area contributed by atoms with Gasteiger partial charge >= 0.3 is 18.2 Å². The van der Waals surface area contributed by atoms with Gasteiger partial charge in [-0.25, -0.2) is 14.4 Å². The maximum absolute atomic E-state index is 12.6. The number of halogens is 1. The summed E-state index contributed by atoms with van der Waals surface area (Å²) in [6.45, 7) is 10.00. The van der Waals surface area contributed by atoms with Crippen LogP contribution >= 0.6 is 11.6 Å². The van der Waals surface area contributed by atoms with E-state index in [4.69, 9.17) is 26.2 Å². The van der Waals surface area contributed by atoms with Crippen LogP contribution in [0.25, 0.3) is 6.08 Å². The number of carbonyl (C=O) groups is 3. The lowest BCUT2D eigenvalue weighted by atomic mass is 10.1. The molecule has 0 aliphatic heterocycles. The topological polar surface area (TPSA) is 93.1 Å². The van der Waals surface area contributed by atoms with E-state index in [0.29, 0.717) is 10.5 Å². The first-order valence-electron chi connectivity index (χ1n) is 8.16. The molecule has 7 nitrogen and oxygen atoms in total. The molecule has 0 aromatic heterocycles. The highest BCUT2D eigenvalue weighted by Gasteiger charge is 2.33. The Hall–Kier alpha value is -2.54. The lowest BCUT2D eigenvalue weighted by Crippen LogP contribution is -2.44. The molecule has 1 N–H and O–H groups in total. The number of amides is 2. The van der Waals surface area contributed by atoms with Crippen LogP contribution in [0.4, 0.5) is 15.3 Å². The number of imide groups is 1. The molecule has 0 saturated heterocycles. The van der Waals surface area contributed by atoms with Gasteiger partial charge in [-0.1, -0.05) is 17.7 Å². The zero-order valence-corrected chi connectivity index (χ0v) is 17.0. The van der Waals surface area contributed by atoms with Crippen LogP contribution in [0, 0.1) is 0 Å². The maximum Gasteiger partial charge on any atom is 0.424 e. The van der Waals surface area contributed by atoms with Crippen molar-refractivity contribution in [2.75, 3.05) is 4.90 Å². The minimum atomic E-state index is -1.11. The molecule has 27 heavy (non-hydrogen) atoms. The Balaban J connectivity index is 3.31. The van der Waals surface area contributed by atoms with Crippen LogP contribution in [0.2, 0.25) is 5.02 Å². The molecule has 0 heterocycles. The summed E-state index contributed by atoms with van der Waals surface area (Å²) in [5, 5.41) is 8.75. The normalized spacial score (nSPS) is 12.0. The molecule has 2 amide bonds. The Morgan fingerprint density at radius 1 is 1.00 bits per heavy atom. The second-order valence-corrected chi connectivity index (χ2v) is 8.09. The van der Waals surface area contributed by atoms with Crippen molar-refractivity contribution in [2.24, 2.45) is 0 Å². The fourth-order valence-corrected chi connectivity index (χ4v) is 2.14. The van der Waals surface area contributed by atoms with E-state index >= 15 is 0 Å². The van der Waals surface area contributed by atoms with Crippen molar-refractivity contribution in [1.82, 2.24) is 0 Å². The molecule has 0 saturated carbocycles. The molecule has 0 fully saturated rings. The van der Waals surface area contributed by atoms with Gasteiger partial charge in [0.25, 0.3) is 0 Å². The number of carbonyl (C=O) groups excluding carboxylic acids is 2. The summed E-state index contributed by atoms with van der Waals surface area (Å²) in [7, 11) is 0. The molecular weight excluding hydrogens is 374 g/mol. The number of carboxylic acids is 1. The number of ether oxygens (including phenoxy) is 2. The number of rotatable bonds is 3. The molecule has 8 heteroatoms. The molecule has 1 aromatic carbocycles. The fourth-order valence-electron chi connectivity index (χ4n) is 1.86. The average molecular weight is 398 g/mol. The predicted octanol–water partition coefficient (Wildman–Crippen LogP) is 5.11. The summed E-state index contributed by atoms with van der Waals surface area (Å²) in [4.78, 5) is 36.5. The molecule has 0 atom stereocenters. The van der Waals surface area contributed by atoms with Crippen molar-refractivity contribution in [2.45, 2.75) is 52.7 Å². The maximum atomic E-state index is 12.6. The van der Waals surface area contributed by atoms with E-state index in [1.807, 2.05) is 0 Å². The van der Waals surface area contributed by atoms with Crippen molar-refractivity contribution in [1.29, 1.82) is 0 Å². The first-order valence-corrected chi connectivity index (χ1v) is 8.54. The van der Waals surface area contributed by atoms with Crippen molar-refractivity contribution >= 4 is 41.5 Å². The lowest BCUT2D eigenvalue weighted by Gasteiger charge is -2.29. The van der Waals surface area contributed by atoms with Gasteiger partial charge in [-0.3, -0.25) is 0 Å². The number of anilines is 1. The highest BCUT2D eigenvalue weighted by Crippen LogP contribution is 2.30. The van der Waals surface area contributed by atoms with Gasteiger partial charge in [0.2, 0.25) is 0 Å². The molecule has 0 radical (unpaired) electrons. The van der Waals surface area contributed by atoms with Gasteiger partial charge in [0.05, 0.1) is 10.7 Å². The fraction of sp³-hybridized carbons (Fsp3) is 0.421. The van der Waals surface area contributed by atoms with Crippen LogP contribution in [0.1, 0.15) is 47.1 Å². The van der Waals surface area contributed by atoms with Gasteiger partial charge < -0.3 is 14.6 Å². The number of benzene rings is 1. The summed E-state index contributed by atoms with van der Waals surface area (Å²) in [5.74, 6) is -1.11. The van der Waals surface area contributed by atoms with Crippen LogP contribution < -0.4 is 4.90 Å². The second kappa shape index (κ2) is 8.43. The standard InChI is InChI=1S/C19H24ClNO6/c1-18(2,3)26-16(24)21(17(25)27-19(4,5)6)14-9-7-12(11-13(14)20)8-10-15(22)23/h7-11H,1-6H3,(H,22,23)/b10-8+. The Kier molecular flexibility index (Phi) is 7.03. The highest BCUT2D eigenvalue weighted by atomic mass is 35.5. The highest BCUT2D eigenvalue weighted by molar-refractivity contribution is 6.35. The molecule has 1 rings (SSSR count). The van der Waals surface area contributed by atoms with Crippen molar-refractivity contribution in [3.05, 3.63) is 34.9 Å². The van der Waals surface area contributed by atoms with Gasteiger partial charge in [0.15, 0.2) is 0 Å². The first kappa shape index (κ1) is 22.5. The van der Waals surface area contributed by atoms with E-state index in [0.717, 1.165) is 6.08 Å². The Morgan fingerprint density at radius 3 is 1.85 bits per heavy atom. The number of nitrogens with zero attached hydrogens (tertiary/aromatic N) is 1. The first-order chi connectivity index (χ1) is 12.2. The number of carboxylic acid groups (broad SMARTS) is 1. The summed E-state index contributed by atoms with van der Waals surface area (Å²) in [6, 6.07) is 4.36. The number of aliphatic carboxylic acids is 1. The van der Waals surface area contributed by atoms with Crippen LogP contribution in [0.15, 0.2) is 24.3 Å². The quantitative estimate of drug-likeness (QED) is 0.712. The van der Waals surface area contributed by atoms with Gasteiger partial charge in [-0.15, -0.1) is 0 Å². The van der Waals surface area contributed by atoms with Gasteiger partial charge in [0.1, 0.15) is 11.2 Å². The second-order valence-electron chi connectivity index (χ2n) is 7.68. The largest absolute Gasteiger partial charge is 0.478 e. The number of hydrogen-bond acceptors (Lipinski definition) is 5. The van der Waals surface area contributed by atoms with E-state index in [1.54, 1.807) is 41.5 Å². The minimum absolute atomic E-state index is 0.0549. The smallest absolute Gasteiger partial charge is 0.424 e. The minimum Gasteiger partial charge on any atom is -0.478 e. The summed E-state index contributed by atoms with van der Waals surface area (Å²) < 4.78 is 10.6. The van der Waals surface area contributed by atoms with Crippen LogP contribution in [0.5, 0.6) is 0 Å². The van der Waals surface area contributed by atoms with Gasteiger partial charge in [0, 0.05) is 6.08 Å². The third-order valence-corrected chi connectivity index (χ3v) is 3.09. The Morgan fingerprint density at radius 2 is 1.48 bits per heavy atom. The molecule has 0 spiro atoms. The summed E-state index contributed by atoms with van der Waals surface area (Å²) in [5.41, 5.74) is -1.13. The lowest BCUT2D eigenvalue weighted by molar-refractivity contribution is -0.131. The van der Waals surface area contributed by atoms with Crippen molar-refractivity contribution in [3.63, 3.8) is 0 Å². The molecule has 0 bridgehead atoms. The molecule has 0 aliphatic carbocycles. The van der Waals surface area contributed by atoms with Crippen molar-refractivity contribution < 1.29 is 29.0 Å². The number of hydrogen-bond donors (Lipinski definition) is 1. The van der Waals surface area contributed by atoms with Crippen molar-refractivity contribution in [3.8, 4) is 0 Å². The zero-order valence-electron chi connectivity index (χ0n) is 16.2. The van der Waals surface area contributed by atoms with Crippen LogP contribution in [-0.2, 0) is 14.3 Å². The monoisotopic (exact) mass is 397 g/mol. The average Bonchev–Trinajstić information content (AvgIpc) is 2.43. The van der Waals surface area contributed by atoms with E-state index in [-0.39, 0.29) is 10.7 Å². The van der Waals surface area contributed by atoms with E-state index in [2.05, 4.69) is 0 Å². The molecule has 0 aliphatic rings. The molecule has 1 aromatic rings. The zero-order chi connectivity index (χ0) is 21.0. The SMILES string of the molecule is CC(C)(C)OC(=O)N(C(=O)OC(C)(C)C)c1ccc(/C=C/C(=O)O)cc1Cl. The Labute approximate surface area is 163 Å². The van der Waals surface area contributed by atoms with Gasteiger partial charge in [-0.2, -0.15) is 4.90 Å². The summed E-state index contributed by atoms with van der Waals surface area (Å²) in [6.07, 6.45) is 0.411. The third-order valence-electron chi connectivity index (χ3n) is 2.78. The van der Waals surface area contributed by atoms with Gasteiger partial charge in [-0.05, 0) is 65.3 Å². The van der Waals surface area contributed by atoms with E-state index in [1.165, 1.54) is 24.3 Å². The van der Waals surface area contributed by atoms with Crippen LogP contribution in [-0.4, -0.2) is 34.5 Å². The Bertz CT molecular complexity index is 730. The van der Waals surface area contributed by atoms with E-state index < -0.39 is 29.4 Å². The predicted molar refractivity (Wildman–Crippen MR) is 103 cm³/mol. The molecule has 0 unspecified atom stereocenters. The van der Waals surface area contributed by atoms with E-state index in [9.17, 15) is 14.4 Å².